The summed E-state index contributed by atoms with van der Waals surface area (Å²) in [5.74, 6) is -1.45. The molecule has 0 radical (unpaired) electrons. The Kier molecular flexibility index (Phi) is 4.34. The number of anilines is 1. The molecule has 3 rings (SSSR count). The number of aromatic nitrogens is 4. The van der Waals surface area contributed by atoms with Crippen LogP contribution in [0.25, 0.3) is 0 Å². The predicted molar refractivity (Wildman–Crippen MR) is 90.6 cm³/mol. The molecule has 0 atom stereocenters. The topological polar surface area (TPSA) is 102 Å². The Morgan fingerprint density at radius 2 is 1.92 bits per heavy atom. The number of nitrogens with one attached hydrogen (secondary N) is 1. The van der Waals surface area contributed by atoms with E-state index in [4.69, 9.17) is 5.11 Å². The molecule has 128 valence electrons. The largest absolute Gasteiger partial charge is 0.476 e. The van der Waals surface area contributed by atoms with Crippen molar-refractivity contribution in [3.05, 3.63) is 65.1 Å². The van der Waals surface area contributed by atoms with Crippen molar-refractivity contribution in [1.29, 1.82) is 0 Å². The molecule has 0 spiro atoms. The minimum atomic E-state index is -1.25. The fourth-order valence-electron chi connectivity index (χ4n) is 2.48. The predicted octanol–water partition coefficient (Wildman–Crippen LogP) is 1.92. The van der Waals surface area contributed by atoms with Crippen molar-refractivity contribution < 1.29 is 14.7 Å². The lowest BCUT2D eigenvalue weighted by Gasteiger charge is -2.04. The van der Waals surface area contributed by atoms with Gasteiger partial charge in [0.1, 0.15) is 0 Å². The molecule has 8 nitrogen and oxygen atoms in total. The number of carbonyl (C=O) groups is 2. The average molecular weight is 339 g/mol. The van der Waals surface area contributed by atoms with Gasteiger partial charge in [-0.25, -0.2) is 4.79 Å². The van der Waals surface area contributed by atoms with Gasteiger partial charge >= 0.3 is 5.97 Å². The number of rotatable bonds is 5. The maximum Gasteiger partial charge on any atom is 0.357 e. The first-order valence-corrected chi connectivity index (χ1v) is 7.60. The monoisotopic (exact) mass is 339 g/mol. The third-order valence-electron chi connectivity index (χ3n) is 3.67. The highest BCUT2D eigenvalue weighted by Gasteiger charge is 2.21. The summed E-state index contributed by atoms with van der Waals surface area (Å²) in [6, 6.07) is 11.6. The quantitative estimate of drug-likeness (QED) is 0.739. The van der Waals surface area contributed by atoms with Crippen LogP contribution in [0.15, 0.2) is 42.6 Å². The summed E-state index contributed by atoms with van der Waals surface area (Å²) in [6.07, 6.45) is 1.37. The molecule has 25 heavy (non-hydrogen) atoms. The molecule has 1 aromatic carbocycles. The highest BCUT2D eigenvalue weighted by molar-refractivity contribution is 6.09. The second-order valence-corrected chi connectivity index (χ2v) is 5.64. The van der Waals surface area contributed by atoms with Crippen LogP contribution < -0.4 is 5.32 Å². The molecule has 2 aromatic heterocycles. The third-order valence-corrected chi connectivity index (χ3v) is 3.67. The number of carbonyl (C=O) groups excluding carboxylic acids is 1. The van der Waals surface area contributed by atoms with Crippen molar-refractivity contribution in [2.75, 3.05) is 5.32 Å². The molecule has 2 N–H and O–H groups in total. The second-order valence-electron chi connectivity index (χ2n) is 5.64. The number of hydrogen-bond acceptors (Lipinski definition) is 4. The lowest BCUT2D eigenvalue weighted by molar-refractivity contribution is 0.0685. The number of benzene rings is 1. The molecule has 2 heterocycles. The number of amides is 1. The molecule has 8 heteroatoms. The van der Waals surface area contributed by atoms with Crippen LogP contribution in [0.2, 0.25) is 0 Å². The summed E-state index contributed by atoms with van der Waals surface area (Å²) >= 11 is 0. The Morgan fingerprint density at radius 3 is 2.60 bits per heavy atom. The van der Waals surface area contributed by atoms with Crippen LogP contribution >= 0.6 is 0 Å². The van der Waals surface area contributed by atoms with Crippen molar-refractivity contribution >= 4 is 17.7 Å². The molecule has 0 saturated heterocycles. The first-order valence-electron chi connectivity index (χ1n) is 7.60. The van der Waals surface area contributed by atoms with E-state index >= 15 is 0 Å². The molecule has 1 amide bonds. The van der Waals surface area contributed by atoms with Gasteiger partial charge in [0, 0.05) is 25.0 Å². The minimum Gasteiger partial charge on any atom is -0.476 e. The summed E-state index contributed by atoms with van der Waals surface area (Å²) in [6.45, 7) is 2.47. The Labute approximate surface area is 143 Å². The molecule has 0 unspecified atom stereocenters. The van der Waals surface area contributed by atoms with Crippen molar-refractivity contribution in [1.82, 2.24) is 19.6 Å². The maximum atomic E-state index is 12.4. The van der Waals surface area contributed by atoms with Gasteiger partial charge in [-0.3, -0.25) is 14.2 Å². The number of hydrogen-bond donors (Lipinski definition) is 2. The van der Waals surface area contributed by atoms with Crippen molar-refractivity contribution in [3.63, 3.8) is 0 Å². The number of carboxylic acids is 1. The van der Waals surface area contributed by atoms with E-state index in [9.17, 15) is 9.59 Å². The van der Waals surface area contributed by atoms with Crippen molar-refractivity contribution in [3.8, 4) is 0 Å². The van der Waals surface area contributed by atoms with E-state index in [1.54, 1.807) is 17.8 Å². The second kappa shape index (κ2) is 6.60. The SMILES string of the molecule is Cc1cc(NC(=O)c2cn(C)nc2C(=O)O)nn1Cc1ccccc1. The van der Waals surface area contributed by atoms with Crippen molar-refractivity contribution in [2.45, 2.75) is 13.5 Å². The van der Waals surface area contributed by atoms with Crippen LogP contribution in [0, 0.1) is 6.92 Å². The zero-order chi connectivity index (χ0) is 18.0. The van der Waals surface area contributed by atoms with Crippen LogP contribution in [0.3, 0.4) is 0 Å². The average Bonchev–Trinajstić information content (AvgIpc) is 3.12. The van der Waals surface area contributed by atoms with E-state index in [1.807, 2.05) is 37.3 Å². The third kappa shape index (κ3) is 3.57. The zero-order valence-corrected chi connectivity index (χ0v) is 13.8. The van der Waals surface area contributed by atoms with Crippen LogP contribution in [-0.4, -0.2) is 36.5 Å². The van der Waals surface area contributed by atoms with Gasteiger partial charge in [-0.15, -0.1) is 0 Å². The van der Waals surface area contributed by atoms with Gasteiger partial charge in [-0.05, 0) is 12.5 Å². The van der Waals surface area contributed by atoms with Gasteiger partial charge in [-0.1, -0.05) is 30.3 Å². The zero-order valence-electron chi connectivity index (χ0n) is 13.8. The summed E-state index contributed by atoms with van der Waals surface area (Å²) in [4.78, 5) is 23.5. The van der Waals surface area contributed by atoms with E-state index in [2.05, 4.69) is 15.5 Å². The van der Waals surface area contributed by atoms with Gasteiger partial charge < -0.3 is 10.4 Å². The van der Waals surface area contributed by atoms with E-state index in [0.29, 0.717) is 12.4 Å². The number of aromatic carboxylic acids is 1. The molecular weight excluding hydrogens is 322 g/mol. The standard InChI is InChI=1S/C17H17N5O3/c1-11-8-14(19-22(11)9-12-6-4-3-5-7-12)18-16(23)13-10-21(2)20-15(13)17(24)25/h3-8,10H,9H2,1-2H3,(H,24,25)(H,18,19,23). The molecule has 0 bridgehead atoms. The maximum absolute atomic E-state index is 12.4. The van der Waals surface area contributed by atoms with E-state index in [1.165, 1.54) is 10.9 Å². The Balaban J connectivity index is 1.79. The fourth-order valence-corrected chi connectivity index (χ4v) is 2.48. The lowest BCUT2D eigenvalue weighted by atomic mass is 10.2. The first kappa shape index (κ1) is 16.4. The summed E-state index contributed by atoms with van der Waals surface area (Å²) in [5.41, 5.74) is 1.67. The van der Waals surface area contributed by atoms with Gasteiger partial charge in [0.2, 0.25) is 0 Å². The highest BCUT2D eigenvalue weighted by Crippen LogP contribution is 2.14. The molecular formula is C17H17N5O3. The number of carboxylic acid groups (broad SMARTS) is 1. The smallest absolute Gasteiger partial charge is 0.357 e. The molecule has 0 fully saturated rings. The summed E-state index contributed by atoms with van der Waals surface area (Å²) in [5, 5.41) is 19.9. The Hall–Kier alpha value is -3.42. The van der Waals surface area contributed by atoms with E-state index < -0.39 is 11.9 Å². The van der Waals surface area contributed by atoms with E-state index in [0.717, 1.165) is 11.3 Å². The van der Waals surface area contributed by atoms with Crippen LogP contribution in [0.1, 0.15) is 32.1 Å². The van der Waals surface area contributed by atoms with Gasteiger partial charge in [0.05, 0.1) is 12.1 Å². The number of nitrogens with zero attached hydrogens (tertiary/aromatic N) is 4. The normalized spacial score (nSPS) is 10.6. The fraction of sp³-hybridized carbons (Fsp3) is 0.176. The summed E-state index contributed by atoms with van der Waals surface area (Å²) < 4.78 is 3.06. The number of aryl methyl sites for hydroxylation is 2. The van der Waals surface area contributed by atoms with Gasteiger partial charge in [0.15, 0.2) is 11.5 Å². The summed E-state index contributed by atoms with van der Waals surface area (Å²) in [7, 11) is 1.56. The molecule has 0 aliphatic carbocycles. The Bertz CT molecular complexity index is 927. The molecule has 0 saturated carbocycles. The lowest BCUT2D eigenvalue weighted by Crippen LogP contribution is -2.16. The van der Waals surface area contributed by atoms with Crippen LogP contribution in [-0.2, 0) is 13.6 Å². The van der Waals surface area contributed by atoms with Crippen molar-refractivity contribution in [2.24, 2.45) is 7.05 Å². The molecule has 0 aliphatic rings. The minimum absolute atomic E-state index is 0.00902. The molecule has 0 aliphatic heterocycles. The van der Waals surface area contributed by atoms with Crippen LogP contribution in [0.5, 0.6) is 0 Å². The van der Waals surface area contributed by atoms with E-state index in [-0.39, 0.29) is 11.3 Å². The highest BCUT2D eigenvalue weighted by atomic mass is 16.4. The first-order chi connectivity index (χ1) is 11.9. The van der Waals surface area contributed by atoms with Crippen LogP contribution in [0.4, 0.5) is 5.82 Å². The molecule has 3 aromatic rings. The van der Waals surface area contributed by atoms with Gasteiger partial charge in [0.25, 0.3) is 5.91 Å². The van der Waals surface area contributed by atoms with Gasteiger partial charge in [-0.2, -0.15) is 10.2 Å². The Morgan fingerprint density at radius 1 is 1.20 bits per heavy atom.